The summed E-state index contributed by atoms with van der Waals surface area (Å²) in [4.78, 5) is 10.2. The van der Waals surface area contributed by atoms with Crippen molar-refractivity contribution in [2.45, 2.75) is 13.8 Å². The van der Waals surface area contributed by atoms with Crippen LogP contribution in [0.25, 0.3) is 0 Å². The molecule has 0 radical (unpaired) electrons. The zero-order valence-corrected chi connectivity index (χ0v) is 13.2. The molecular weight excluding hydrogens is 294 g/mol. The molecule has 2 rings (SSSR count). The van der Waals surface area contributed by atoms with Crippen LogP contribution in [0.5, 0.6) is 5.75 Å². The average Bonchev–Trinajstić information content (AvgIpc) is 2.59. The molecule has 0 unspecified atom stereocenters. The number of nitro groups is 1. The van der Waals surface area contributed by atoms with E-state index in [2.05, 4.69) is 10.2 Å². The fourth-order valence-corrected chi connectivity index (χ4v) is 1.92. The molecule has 0 saturated carbocycles. The first kappa shape index (κ1) is 16.4. The molecule has 0 saturated heterocycles. The van der Waals surface area contributed by atoms with Gasteiger partial charge in [0, 0.05) is 12.1 Å². The van der Waals surface area contributed by atoms with E-state index in [9.17, 15) is 10.1 Å². The summed E-state index contributed by atoms with van der Waals surface area (Å²) in [7, 11) is 1.62. The lowest BCUT2D eigenvalue weighted by Crippen LogP contribution is -1.97. The third-order valence-electron chi connectivity index (χ3n) is 3.35. The number of hydrogen-bond donors (Lipinski definition) is 0. The Morgan fingerprint density at radius 1 is 0.913 bits per heavy atom. The second-order valence-corrected chi connectivity index (χ2v) is 4.90. The fraction of sp³-hybridized carbons (Fsp3) is 0.176. The molecule has 2 aromatic rings. The Hall–Kier alpha value is -3.02. The van der Waals surface area contributed by atoms with Gasteiger partial charge in [-0.25, -0.2) is 0 Å². The van der Waals surface area contributed by atoms with Gasteiger partial charge in [0.1, 0.15) is 5.75 Å². The van der Waals surface area contributed by atoms with Crippen molar-refractivity contribution in [2.24, 2.45) is 10.2 Å². The minimum absolute atomic E-state index is 0.0551. The van der Waals surface area contributed by atoms with Crippen LogP contribution in [0.4, 0.5) is 5.69 Å². The summed E-state index contributed by atoms with van der Waals surface area (Å²) in [5.41, 5.74) is 3.26. The number of benzene rings is 2. The quantitative estimate of drug-likeness (QED) is 0.478. The lowest BCUT2D eigenvalue weighted by Gasteiger charge is -2.02. The van der Waals surface area contributed by atoms with Crippen molar-refractivity contribution in [3.8, 4) is 5.75 Å². The maximum absolute atomic E-state index is 10.6. The molecule has 0 aliphatic carbocycles. The van der Waals surface area contributed by atoms with Gasteiger partial charge in [0.2, 0.25) is 0 Å². The number of ether oxygens (including phenoxy) is 1. The zero-order valence-electron chi connectivity index (χ0n) is 13.2. The number of nitro benzene ring substituents is 1. The van der Waals surface area contributed by atoms with E-state index in [0.29, 0.717) is 5.71 Å². The predicted octanol–water partition coefficient (Wildman–Crippen LogP) is 3.84. The van der Waals surface area contributed by atoms with E-state index in [1.807, 2.05) is 38.1 Å². The molecule has 2 aromatic carbocycles. The Kier molecular flexibility index (Phi) is 5.19. The maximum atomic E-state index is 10.6. The SMILES string of the molecule is COc1ccc(/C(C)=N/N=C(\C)c2ccc([N+](=O)[O-])cc2)cc1. The van der Waals surface area contributed by atoms with E-state index < -0.39 is 4.92 Å². The first-order valence-corrected chi connectivity index (χ1v) is 6.99. The fourth-order valence-electron chi connectivity index (χ4n) is 1.92. The molecule has 0 aromatic heterocycles. The van der Waals surface area contributed by atoms with Crippen molar-refractivity contribution < 1.29 is 9.66 Å². The van der Waals surface area contributed by atoms with Gasteiger partial charge >= 0.3 is 0 Å². The molecule has 0 atom stereocenters. The number of methoxy groups -OCH3 is 1. The van der Waals surface area contributed by atoms with E-state index in [1.165, 1.54) is 12.1 Å². The van der Waals surface area contributed by atoms with Gasteiger partial charge in [0.15, 0.2) is 0 Å². The van der Waals surface area contributed by atoms with E-state index in [-0.39, 0.29) is 5.69 Å². The largest absolute Gasteiger partial charge is 0.497 e. The van der Waals surface area contributed by atoms with Crippen molar-refractivity contribution in [1.82, 2.24) is 0 Å². The number of hydrogen-bond acceptors (Lipinski definition) is 5. The first-order chi connectivity index (χ1) is 11.0. The highest BCUT2D eigenvalue weighted by Gasteiger charge is 2.05. The Labute approximate surface area is 134 Å². The summed E-state index contributed by atoms with van der Waals surface area (Å²) in [5, 5.41) is 19.0. The molecule has 0 aliphatic heterocycles. The molecule has 23 heavy (non-hydrogen) atoms. The molecule has 118 valence electrons. The van der Waals surface area contributed by atoms with Crippen LogP contribution in [-0.2, 0) is 0 Å². The molecule has 0 spiro atoms. The van der Waals surface area contributed by atoms with Gasteiger partial charge in [-0.05, 0) is 61.4 Å². The van der Waals surface area contributed by atoms with Crippen LogP contribution in [0.1, 0.15) is 25.0 Å². The molecule has 0 bridgehead atoms. The van der Waals surface area contributed by atoms with Gasteiger partial charge in [-0.2, -0.15) is 10.2 Å². The third-order valence-corrected chi connectivity index (χ3v) is 3.35. The van der Waals surface area contributed by atoms with Crippen LogP contribution in [0.3, 0.4) is 0 Å². The molecule has 0 heterocycles. The van der Waals surface area contributed by atoms with Crippen LogP contribution in [-0.4, -0.2) is 23.5 Å². The summed E-state index contributed by atoms with van der Waals surface area (Å²) in [6.07, 6.45) is 0. The van der Waals surface area contributed by atoms with E-state index in [0.717, 1.165) is 22.6 Å². The summed E-state index contributed by atoms with van der Waals surface area (Å²) >= 11 is 0. The van der Waals surface area contributed by atoms with Crippen LogP contribution >= 0.6 is 0 Å². The van der Waals surface area contributed by atoms with E-state index in [4.69, 9.17) is 4.74 Å². The van der Waals surface area contributed by atoms with Gasteiger partial charge in [0.05, 0.1) is 23.5 Å². The van der Waals surface area contributed by atoms with Crippen molar-refractivity contribution in [2.75, 3.05) is 7.11 Å². The van der Waals surface area contributed by atoms with Gasteiger partial charge in [-0.3, -0.25) is 10.1 Å². The highest BCUT2D eigenvalue weighted by molar-refractivity contribution is 6.01. The lowest BCUT2D eigenvalue weighted by molar-refractivity contribution is -0.384. The number of nitrogens with zero attached hydrogens (tertiary/aromatic N) is 3. The second kappa shape index (κ2) is 7.31. The maximum Gasteiger partial charge on any atom is 0.269 e. The number of rotatable bonds is 5. The first-order valence-electron chi connectivity index (χ1n) is 6.99. The van der Waals surface area contributed by atoms with Crippen LogP contribution in [0.15, 0.2) is 58.7 Å². The van der Waals surface area contributed by atoms with E-state index >= 15 is 0 Å². The predicted molar refractivity (Wildman–Crippen MR) is 90.5 cm³/mol. The molecule has 6 heteroatoms. The van der Waals surface area contributed by atoms with Crippen LogP contribution in [0.2, 0.25) is 0 Å². The Bertz CT molecular complexity index is 748. The zero-order chi connectivity index (χ0) is 16.8. The Balaban J connectivity index is 2.17. The summed E-state index contributed by atoms with van der Waals surface area (Å²) in [6.45, 7) is 3.68. The minimum Gasteiger partial charge on any atom is -0.497 e. The smallest absolute Gasteiger partial charge is 0.269 e. The monoisotopic (exact) mass is 311 g/mol. The normalized spacial score (nSPS) is 12.1. The van der Waals surface area contributed by atoms with Gasteiger partial charge in [-0.1, -0.05) is 0 Å². The Morgan fingerprint density at radius 2 is 1.35 bits per heavy atom. The molecule has 6 nitrogen and oxygen atoms in total. The standard InChI is InChI=1S/C17H17N3O3/c1-12(14-4-8-16(9-5-14)20(21)22)18-19-13(2)15-6-10-17(23-3)11-7-15/h4-11H,1-3H3/b18-12+,19-13+. The molecular formula is C17H17N3O3. The van der Waals surface area contributed by atoms with Crippen molar-refractivity contribution in [1.29, 1.82) is 0 Å². The van der Waals surface area contributed by atoms with Gasteiger partial charge < -0.3 is 4.74 Å². The van der Waals surface area contributed by atoms with Gasteiger partial charge in [-0.15, -0.1) is 0 Å². The van der Waals surface area contributed by atoms with Crippen LogP contribution < -0.4 is 4.74 Å². The highest BCUT2D eigenvalue weighted by Crippen LogP contribution is 2.14. The summed E-state index contributed by atoms with van der Waals surface area (Å²) in [5.74, 6) is 0.784. The molecule has 0 amide bonds. The lowest BCUT2D eigenvalue weighted by atomic mass is 10.1. The molecule has 0 N–H and O–H groups in total. The number of non-ortho nitro benzene ring substituents is 1. The van der Waals surface area contributed by atoms with Crippen molar-refractivity contribution >= 4 is 17.1 Å². The second-order valence-electron chi connectivity index (χ2n) is 4.90. The highest BCUT2D eigenvalue weighted by atomic mass is 16.6. The van der Waals surface area contributed by atoms with Crippen molar-refractivity contribution in [3.63, 3.8) is 0 Å². The summed E-state index contributed by atoms with van der Waals surface area (Å²) in [6, 6.07) is 13.8. The average molecular weight is 311 g/mol. The van der Waals surface area contributed by atoms with Gasteiger partial charge in [0.25, 0.3) is 5.69 Å². The topological polar surface area (TPSA) is 77.1 Å². The summed E-state index contributed by atoms with van der Waals surface area (Å²) < 4.78 is 5.12. The Morgan fingerprint density at radius 3 is 1.74 bits per heavy atom. The van der Waals surface area contributed by atoms with Crippen LogP contribution in [0, 0.1) is 10.1 Å². The van der Waals surface area contributed by atoms with E-state index in [1.54, 1.807) is 19.2 Å². The molecule has 0 fully saturated rings. The third kappa shape index (κ3) is 4.23. The van der Waals surface area contributed by atoms with Crippen molar-refractivity contribution in [3.05, 3.63) is 69.8 Å². The minimum atomic E-state index is -0.428. The molecule has 0 aliphatic rings.